The molecule has 2 unspecified atom stereocenters. The highest BCUT2D eigenvalue weighted by Crippen LogP contribution is 2.27. The first kappa shape index (κ1) is 27.7. The molecule has 2 atom stereocenters. The van der Waals surface area contributed by atoms with Crippen LogP contribution in [0.4, 0.5) is 14.0 Å². The van der Waals surface area contributed by atoms with E-state index in [1.54, 1.807) is 38.2 Å². The third-order valence-corrected chi connectivity index (χ3v) is 4.97. The number of cyclic esters (lactones) is 2. The number of nitrogens with zero attached hydrogens (tertiary/aromatic N) is 2. The number of hydrogen-bond acceptors (Lipinski definition) is 5. The van der Waals surface area contributed by atoms with Gasteiger partial charge >= 0.3 is 12.2 Å². The van der Waals surface area contributed by atoms with Crippen LogP contribution in [0.3, 0.4) is 0 Å². The Hall–Kier alpha value is -3.29. The fourth-order valence-electron chi connectivity index (χ4n) is 3.16. The summed E-state index contributed by atoms with van der Waals surface area (Å²) >= 11 is 0. The van der Waals surface area contributed by atoms with Crippen molar-refractivity contribution in [2.45, 2.75) is 39.8 Å². The van der Waals surface area contributed by atoms with Crippen molar-refractivity contribution in [1.29, 1.82) is 0 Å². The van der Waals surface area contributed by atoms with Crippen molar-refractivity contribution in [2.75, 3.05) is 34.4 Å². The van der Waals surface area contributed by atoms with Gasteiger partial charge in [-0.05, 0) is 35.4 Å². The largest absolute Gasteiger partial charge is 0.497 e. The highest BCUT2D eigenvalue weighted by Gasteiger charge is 2.31. The molecule has 0 radical (unpaired) electrons. The smallest absolute Gasteiger partial charge is 0.410 e. The van der Waals surface area contributed by atoms with Crippen molar-refractivity contribution >= 4 is 12.2 Å². The SMILES string of the molecule is CC.CC.CN1C(=O)OCC1c1cccc(F)c1.COc1ccc(C2COC(=O)N2C)cc1. The van der Waals surface area contributed by atoms with Crippen molar-refractivity contribution in [3.05, 3.63) is 65.5 Å². The van der Waals surface area contributed by atoms with Crippen LogP contribution in [0.15, 0.2) is 48.5 Å². The number of ether oxygens (including phenoxy) is 3. The molecule has 182 valence electrons. The van der Waals surface area contributed by atoms with E-state index < -0.39 is 0 Å². The van der Waals surface area contributed by atoms with Gasteiger partial charge in [0.05, 0.1) is 19.2 Å². The van der Waals surface area contributed by atoms with Crippen LogP contribution in [0, 0.1) is 5.82 Å². The number of rotatable bonds is 3. The lowest BCUT2D eigenvalue weighted by atomic mass is 10.1. The Labute approximate surface area is 196 Å². The van der Waals surface area contributed by atoms with Crippen LogP contribution < -0.4 is 4.74 Å². The minimum absolute atomic E-state index is 0.0170. The molecule has 4 rings (SSSR count). The van der Waals surface area contributed by atoms with Gasteiger partial charge in [0.15, 0.2) is 0 Å². The van der Waals surface area contributed by atoms with E-state index in [4.69, 9.17) is 14.2 Å². The van der Waals surface area contributed by atoms with Gasteiger partial charge in [0.1, 0.15) is 24.8 Å². The number of benzene rings is 2. The summed E-state index contributed by atoms with van der Waals surface area (Å²) in [5.41, 5.74) is 1.82. The Morgan fingerprint density at radius 2 is 1.30 bits per heavy atom. The molecular formula is C25H35FN2O5. The zero-order valence-corrected chi connectivity index (χ0v) is 20.5. The van der Waals surface area contributed by atoms with Gasteiger partial charge in [-0.15, -0.1) is 0 Å². The van der Waals surface area contributed by atoms with Crippen LogP contribution in [0.2, 0.25) is 0 Å². The van der Waals surface area contributed by atoms with E-state index in [0.717, 1.165) is 16.9 Å². The molecule has 33 heavy (non-hydrogen) atoms. The molecule has 0 aliphatic carbocycles. The molecular weight excluding hydrogens is 427 g/mol. The minimum atomic E-state index is -0.362. The molecule has 0 spiro atoms. The van der Waals surface area contributed by atoms with Gasteiger partial charge in [-0.2, -0.15) is 0 Å². The quantitative estimate of drug-likeness (QED) is 0.575. The lowest BCUT2D eigenvalue weighted by Gasteiger charge is -2.16. The van der Waals surface area contributed by atoms with Gasteiger partial charge in [-0.3, -0.25) is 0 Å². The zero-order valence-electron chi connectivity index (χ0n) is 20.5. The molecule has 2 aromatic carbocycles. The molecule has 8 heteroatoms. The van der Waals surface area contributed by atoms with Crippen LogP contribution in [-0.4, -0.2) is 56.4 Å². The first-order chi connectivity index (χ1) is 15.9. The summed E-state index contributed by atoms with van der Waals surface area (Å²) in [6.45, 7) is 8.71. The Kier molecular flexibility index (Phi) is 11.8. The van der Waals surface area contributed by atoms with Crippen molar-refractivity contribution in [3.8, 4) is 5.75 Å². The van der Waals surface area contributed by atoms with Gasteiger partial charge in [-0.1, -0.05) is 52.0 Å². The lowest BCUT2D eigenvalue weighted by Crippen LogP contribution is -2.22. The number of carbonyl (C=O) groups excluding carboxylic acids is 2. The predicted octanol–water partition coefficient (Wildman–Crippen LogP) is 5.82. The van der Waals surface area contributed by atoms with Crippen molar-refractivity contribution in [2.24, 2.45) is 0 Å². The van der Waals surface area contributed by atoms with Crippen LogP contribution in [0.5, 0.6) is 5.75 Å². The number of amides is 2. The monoisotopic (exact) mass is 462 g/mol. The summed E-state index contributed by atoms with van der Waals surface area (Å²) < 4.78 is 27.7. The Morgan fingerprint density at radius 3 is 1.70 bits per heavy atom. The minimum Gasteiger partial charge on any atom is -0.497 e. The van der Waals surface area contributed by atoms with E-state index in [-0.39, 0.29) is 30.1 Å². The van der Waals surface area contributed by atoms with E-state index in [0.29, 0.717) is 13.2 Å². The van der Waals surface area contributed by atoms with Gasteiger partial charge < -0.3 is 24.0 Å². The summed E-state index contributed by atoms with van der Waals surface area (Å²) in [6, 6.07) is 13.7. The number of carbonyl (C=O) groups is 2. The summed E-state index contributed by atoms with van der Waals surface area (Å²) in [4.78, 5) is 25.3. The van der Waals surface area contributed by atoms with E-state index in [9.17, 15) is 14.0 Å². The summed E-state index contributed by atoms with van der Waals surface area (Å²) in [6.07, 6.45) is -0.630. The van der Waals surface area contributed by atoms with E-state index in [1.165, 1.54) is 17.0 Å². The summed E-state index contributed by atoms with van der Waals surface area (Å²) in [5.74, 6) is 0.516. The second kappa shape index (κ2) is 14.0. The molecule has 0 bridgehead atoms. The maximum Gasteiger partial charge on any atom is 0.410 e. The molecule has 2 aliphatic heterocycles. The predicted molar refractivity (Wildman–Crippen MR) is 126 cm³/mol. The van der Waals surface area contributed by atoms with Crippen molar-refractivity contribution < 1.29 is 28.2 Å². The third kappa shape index (κ3) is 7.37. The Balaban J connectivity index is 0.000000288. The molecule has 2 heterocycles. The van der Waals surface area contributed by atoms with E-state index in [1.807, 2.05) is 52.0 Å². The van der Waals surface area contributed by atoms with Gasteiger partial charge in [0, 0.05) is 14.1 Å². The van der Waals surface area contributed by atoms with Gasteiger partial charge in [0.2, 0.25) is 0 Å². The molecule has 2 aromatic rings. The van der Waals surface area contributed by atoms with Crippen molar-refractivity contribution in [1.82, 2.24) is 9.80 Å². The standard InChI is InChI=1S/C11H13NO3.C10H10FNO2.2C2H6/c1-12-10(7-15-11(12)13)8-3-5-9(14-2)6-4-8;1-12-9(6-14-10(12)13)7-3-2-4-8(11)5-7;2*1-2/h3-6,10H,7H2,1-2H3;2-5,9H,6H2,1H3;2*1-2H3. The van der Waals surface area contributed by atoms with Crippen LogP contribution in [0.25, 0.3) is 0 Å². The molecule has 2 amide bonds. The molecule has 2 aliphatic rings. The number of hydrogen-bond donors (Lipinski definition) is 0. The summed E-state index contributed by atoms with van der Waals surface area (Å²) in [7, 11) is 5.01. The lowest BCUT2D eigenvalue weighted by molar-refractivity contribution is 0.162. The molecule has 7 nitrogen and oxygen atoms in total. The molecule has 0 aromatic heterocycles. The average Bonchev–Trinajstić information content (AvgIpc) is 3.37. The fraction of sp³-hybridized carbons (Fsp3) is 0.440. The number of methoxy groups -OCH3 is 1. The molecule has 2 fully saturated rings. The average molecular weight is 463 g/mol. The highest BCUT2D eigenvalue weighted by atomic mass is 19.1. The Bertz CT molecular complexity index is 875. The van der Waals surface area contributed by atoms with Gasteiger partial charge in [0.25, 0.3) is 0 Å². The van der Waals surface area contributed by atoms with Crippen LogP contribution >= 0.6 is 0 Å². The first-order valence-corrected chi connectivity index (χ1v) is 11.1. The second-order valence-corrected chi connectivity index (χ2v) is 6.74. The maximum absolute atomic E-state index is 12.9. The van der Waals surface area contributed by atoms with Crippen LogP contribution in [0.1, 0.15) is 50.9 Å². The number of halogens is 1. The Morgan fingerprint density at radius 1 is 0.818 bits per heavy atom. The summed E-state index contributed by atoms with van der Waals surface area (Å²) in [5, 5.41) is 0. The number of likely N-dealkylation sites (N-methyl/N-ethyl adjacent to an activating group) is 2. The topological polar surface area (TPSA) is 68.3 Å². The zero-order chi connectivity index (χ0) is 25.0. The fourth-order valence-corrected chi connectivity index (χ4v) is 3.16. The molecule has 0 N–H and O–H groups in total. The second-order valence-electron chi connectivity index (χ2n) is 6.74. The maximum atomic E-state index is 12.9. The molecule has 0 saturated carbocycles. The van der Waals surface area contributed by atoms with E-state index >= 15 is 0 Å². The first-order valence-electron chi connectivity index (χ1n) is 11.1. The van der Waals surface area contributed by atoms with E-state index in [2.05, 4.69) is 0 Å². The van der Waals surface area contributed by atoms with Gasteiger partial charge in [-0.25, -0.2) is 14.0 Å². The third-order valence-electron chi connectivity index (χ3n) is 4.97. The van der Waals surface area contributed by atoms with Crippen LogP contribution in [-0.2, 0) is 9.47 Å². The van der Waals surface area contributed by atoms with Crippen molar-refractivity contribution in [3.63, 3.8) is 0 Å². The normalized spacial score (nSPS) is 18.5. The highest BCUT2D eigenvalue weighted by molar-refractivity contribution is 5.70. The molecule has 2 saturated heterocycles.